The predicted molar refractivity (Wildman–Crippen MR) is 109 cm³/mol. The smallest absolute Gasteiger partial charge is 0.336 e. The van der Waals surface area contributed by atoms with Gasteiger partial charge in [0.2, 0.25) is 0 Å². The molecule has 3 rings (SSSR count). The van der Waals surface area contributed by atoms with Crippen molar-refractivity contribution in [3.05, 3.63) is 90.0 Å². The fourth-order valence-electron chi connectivity index (χ4n) is 2.37. The zero-order valence-corrected chi connectivity index (χ0v) is 15.3. The summed E-state index contributed by atoms with van der Waals surface area (Å²) in [5.74, 6) is 0.904. The largest absolute Gasteiger partial charge is 0.508 e. The first-order chi connectivity index (χ1) is 13.6. The van der Waals surface area contributed by atoms with Gasteiger partial charge < -0.3 is 14.6 Å². The number of rotatable bonds is 6. The molecule has 0 unspecified atom stereocenters. The Morgan fingerprint density at radius 3 is 2.39 bits per heavy atom. The number of ether oxygens (including phenoxy) is 2. The van der Waals surface area contributed by atoms with Gasteiger partial charge in [-0.1, -0.05) is 12.1 Å². The monoisotopic (exact) mass is 373 g/mol. The van der Waals surface area contributed by atoms with Gasteiger partial charge in [-0.15, -0.1) is 0 Å². The number of methoxy groups -OCH3 is 1. The number of phenolic OH excluding ortho intramolecular Hbond substituents is 1. The number of nitrogens with zero attached hydrogens (tertiary/aromatic N) is 1. The van der Waals surface area contributed by atoms with Crippen LogP contribution in [0.4, 0.5) is 5.69 Å². The van der Waals surface area contributed by atoms with Gasteiger partial charge in [0.25, 0.3) is 0 Å². The van der Waals surface area contributed by atoms with Crippen LogP contribution in [0.3, 0.4) is 0 Å². The molecule has 0 aliphatic heterocycles. The molecular formula is C23H19NO4. The highest BCUT2D eigenvalue weighted by atomic mass is 16.5. The number of aliphatic imine (C=N–C) groups is 1. The van der Waals surface area contributed by atoms with Gasteiger partial charge in [0.05, 0.1) is 12.8 Å². The molecule has 0 aromatic heterocycles. The Labute approximate surface area is 163 Å². The van der Waals surface area contributed by atoms with E-state index in [2.05, 4.69) is 4.99 Å². The van der Waals surface area contributed by atoms with Crippen molar-refractivity contribution in [2.45, 2.75) is 0 Å². The number of carbonyl (C=O) groups is 1. The number of hydrogen-bond acceptors (Lipinski definition) is 5. The van der Waals surface area contributed by atoms with Gasteiger partial charge in [-0.2, -0.15) is 0 Å². The second-order valence-electron chi connectivity index (χ2n) is 5.87. The van der Waals surface area contributed by atoms with Crippen LogP contribution in [0.1, 0.15) is 11.1 Å². The van der Waals surface area contributed by atoms with Crippen molar-refractivity contribution in [2.75, 3.05) is 7.11 Å². The lowest BCUT2D eigenvalue weighted by atomic mass is 10.2. The lowest BCUT2D eigenvalue weighted by molar-refractivity contribution is -0.128. The Bertz CT molecular complexity index is 990. The minimum absolute atomic E-state index is 0.200. The Balaban J connectivity index is 1.58. The van der Waals surface area contributed by atoms with E-state index in [1.165, 1.54) is 6.08 Å². The second-order valence-corrected chi connectivity index (χ2v) is 5.87. The summed E-state index contributed by atoms with van der Waals surface area (Å²) >= 11 is 0. The summed E-state index contributed by atoms with van der Waals surface area (Å²) in [6, 6.07) is 21.0. The Kier molecular flexibility index (Phi) is 6.21. The van der Waals surface area contributed by atoms with Crippen LogP contribution < -0.4 is 9.47 Å². The molecule has 0 bridgehead atoms. The Morgan fingerprint density at radius 1 is 0.929 bits per heavy atom. The van der Waals surface area contributed by atoms with Crippen LogP contribution in [0.5, 0.6) is 17.2 Å². The first-order valence-corrected chi connectivity index (χ1v) is 8.59. The van der Waals surface area contributed by atoms with Crippen molar-refractivity contribution in [3.8, 4) is 17.2 Å². The predicted octanol–water partition coefficient (Wildman–Crippen LogP) is 4.77. The van der Waals surface area contributed by atoms with E-state index in [4.69, 9.17) is 9.47 Å². The van der Waals surface area contributed by atoms with Crippen LogP contribution in [0, 0.1) is 0 Å². The summed E-state index contributed by atoms with van der Waals surface area (Å²) in [7, 11) is 1.59. The minimum atomic E-state index is -0.465. The van der Waals surface area contributed by atoms with E-state index in [9.17, 15) is 9.90 Å². The standard InChI is InChI=1S/C23H19NO4/c1-27-22-4-2-3-17(15-22)7-14-23(26)28-21-12-5-18(6-13-21)16-24-19-8-10-20(25)11-9-19/h2-16,25H,1H3. The molecule has 5 heteroatoms. The molecule has 1 N–H and O–H groups in total. The van der Waals surface area contributed by atoms with Crippen LogP contribution >= 0.6 is 0 Å². The Hall–Kier alpha value is -3.86. The molecule has 0 amide bonds. The van der Waals surface area contributed by atoms with Gasteiger partial charge in [-0.25, -0.2) is 4.79 Å². The molecule has 5 nitrogen and oxygen atoms in total. The summed E-state index contributed by atoms with van der Waals surface area (Å²) in [6.07, 6.45) is 4.74. The lowest BCUT2D eigenvalue weighted by Crippen LogP contribution is -2.03. The van der Waals surface area contributed by atoms with Crippen molar-refractivity contribution in [2.24, 2.45) is 4.99 Å². The van der Waals surface area contributed by atoms with E-state index in [1.807, 2.05) is 24.3 Å². The number of hydrogen-bond donors (Lipinski definition) is 1. The van der Waals surface area contributed by atoms with Gasteiger partial charge in [-0.3, -0.25) is 4.99 Å². The third-order valence-corrected chi connectivity index (χ3v) is 3.82. The maximum absolute atomic E-state index is 12.0. The second kappa shape index (κ2) is 9.19. The average molecular weight is 373 g/mol. The van der Waals surface area contributed by atoms with Crippen molar-refractivity contribution in [1.82, 2.24) is 0 Å². The van der Waals surface area contributed by atoms with Gasteiger partial charge in [0, 0.05) is 12.3 Å². The molecule has 3 aromatic rings. The number of phenols is 1. The van der Waals surface area contributed by atoms with E-state index >= 15 is 0 Å². The highest BCUT2D eigenvalue weighted by Crippen LogP contribution is 2.18. The molecule has 28 heavy (non-hydrogen) atoms. The summed E-state index contributed by atoms with van der Waals surface area (Å²) in [5, 5.41) is 9.27. The topological polar surface area (TPSA) is 68.1 Å². The molecule has 0 aliphatic carbocycles. The Morgan fingerprint density at radius 2 is 1.68 bits per heavy atom. The van der Waals surface area contributed by atoms with Gasteiger partial charge >= 0.3 is 5.97 Å². The minimum Gasteiger partial charge on any atom is -0.508 e. The maximum Gasteiger partial charge on any atom is 0.336 e. The van der Waals surface area contributed by atoms with Gasteiger partial charge in [0.15, 0.2) is 0 Å². The molecule has 0 fully saturated rings. The fourth-order valence-corrected chi connectivity index (χ4v) is 2.37. The number of aromatic hydroxyl groups is 1. The highest BCUT2D eigenvalue weighted by molar-refractivity contribution is 5.89. The molecule has 0 atom stereocenters. The summed E-state index contributed by atoms with van der Waals surface area (Å²) in [6.45, 7) is 0. The van der Waals surface area contributed by atoms with Crippen molar-refractivity contribution < 1.29 is 19.4 Å². The molecule has 3 aromatic carbocycles. The first-order valence-electron chi connectivity index (χ1n) is 8.59. The molecule has 0 saturated carbocycles. The number of esters is 1. The normalized spacial score (nSPS) is 11.0. The first kappa shape index (κ1) is 18.9. The molecule has 0 saturated heterocycles. The molecule has 0 radical (unpaired) electrons. The average Bonchev–Trinajstić information content (AvgIpc) is 2.73. The van der Waals surface area contributed by atoms with Gasteiger partial charge in [0.1, 0.15) is 17.2 Å². The summed E-state index contributed by atoms with van der Waals surface area (Å²) in [4.78, 5) is 16.3. The zero-order chi connectivity index (χ0) is 19.8. The summed E-state index contributed by atoms with van der Waals surface area (Å²) in [5.41, 5.74) is 2.44. The quantitative estimate of drug-likeness (QED) is 0.292. The fraction of sp³-hybridized carbons (Fsp3) is 0.0435. The SMILES string of the molecule is COc1cccc(C=CC(=O)Oc2ccc(C=Nc3ccc(O)cc3)cc2)c1. The third kappa shape index (κ3) is 5.57. The lowest BCUT2D eigenvalue weighted by Gasteiger charge is -2.02. The van der Waals surface area contributed by atoms with Crippen LogP contribution in [-0.4, -0.2) is 24.4 Å². The third-order valence-electron chi connectivity index (χ3n) is 3.82. The van der Waals surface area contributed by atoms with E-state index in [0.717, 1.165) is 22.6 Å². The molecule has 0 aliphatic rings. The molecular weight excluding hydrogens is 354 g/mol. The van der Waals surface area contributed by atoms with Crippen LogP contribution in [0.25, 0.3) is 6.08 Å². The zero-order valence-electron chi connectivity index (χ0n) is 15.3. The van der Waals surface area contributed by atoms with Crippen LogP contribution in [-0.2, 0) is 4.79 Å². The highest BCUT2D eigenvalue weighted by Gasteiger charge is 2.01. The molecule has 0 heterocycles. The van der Waals surface area contributed by atoms with Crippen molar-refractivity contribution >= 4 is 23.9 Å². The van der Waals surface area contributed by atoms with E-state index in [0.29, 0.717) is 5.75 Å². The molecule has 0 spiro atoms. The van der Waals surface area contributed by atoms with E-state index in [-0.39, 0.29) is 5.75 Å². The van der Waals surface area contributed by atoms with Crippen LogP contribution in [0.15, 0.2) is 83.9 Å². The van der Waals surface area contributed by atoms with Crippen molar-refractivity contribution in [1.29, 1.82) is 0 Å². The van der Waals surface area contributed by atoms with Crippen molar-refractivity contribution in [3.63, 3.8) is 0 Å². The van der Waals surface area contributed by atoms with E-state index in [1.54, 1.807) is 67.9 Å². The van der Waals surface area contributed by atoms with Gasteiger partial charge in [-0.05, 0) is 77.9 Å². The van der Waals surface area contributed by atoms with E-state index < -0.39 is 5.97 Å². The number of carbonyl (C=O) groups excluding carboxylic acids is 1. The molecule has 140 valence electrons. The maximum atomic E-state index is 12.0. The van der Waals surface area contributed by atoms with Crippen LogP contribution in [0.2, 0.25) is 0 Å². The summed E-state index contributed by atoms with van der Waals surface area (Å²) < 4.78 is 10.4. The number of benzene rings is 3.